The lowest BCUT2D eigenvalue weighted by molar-refractivity contribution is -0.127. The van der Waals surface area contributed by atoms with Crippen LogP contribution in [-0.2, 0) is 19.1 Å². The lowest BCUT2D eigenvalue weighted by Crippen LogP contribution is -2.09. The van der Waals surface area contributed by atoms with E-state index in [4.69, 9.17) is 23.2 Å². The first-order valence-electron chi connectivity index (χ1n) is 2.65. The van der Waals surface area contributed by atoms with Gasteiger partial charge in [-0.2, -0.15) is 0 Å². The smallest absolute Gasteiger partial charge is 0.247 e. The van der Waals surface area contributed by atoms with E-state index >= 15 is 0 Å². The molecule has 0 unspecified atom stereocenters. The Balaban J connectivity index is 0. The van der Waals surface area contributed by atoms with Crippen molar-refractivity contribution in [3.63, 3.8) is 0 Å². The second-order valence-corrected chi connectivity index (χ2v) is 2.37. The highest BCUT2D eigenvalue weighted by Crippen LogP contribution is 1.85. The Hall–Kier alpha value is -0.160. The molecule has 72 valence electrons. The fraction of sp³-hybridized carbons (Fsp3) is 0.667. The van der Waals surface area contributed by atoms with E-state index in [1.165, 1.54) is 0 Å². The molecule has 0 aromatic carbocycles. The highest BCUT2D eigenvalue weighted by Gasteiger charge is 1.97. The second-order valence-electron chi connectivity index (χ2n) is 1.53. The van der Waals surface area contributed by atoms with E-state index in [0.717, 1.165) is 0 Å². The lowest BCUT2D eigenvalue weighted by Gasteiger charge is -1.99. The summed E-state index contributed by atoms with van der Waals surface area (Å²) in [5.41, 5.74) is 0. The molecule has 6 heteroatoms. The van der Waals surface area contributed by atoms with Crippen molar-refractivity contribution in [1.82, 2.24) is 0 Å². The molecule has 0 aliphatic carbocycles. The molecule has 0 amide bonds. The highest BCUT2D eigenvalue weighted by molar-refractivity contribution is 6.64. The van der Waals surface area contributed by atoms with Crippen molar-refractivity contribution in [2.45, 2.75) is 7.43 Å². The van der Waals surface area contributed by atoms with Crippen LogP contribution in [0.5, 0.6) is 0 Å². The molecule has 0 bridgehead atoms. The van der Waals surface area contributed by atoms with Gasteiger partial charge >= 0.3 is 0 Å². The number of hydrogen-bond acceptors (Lipinski definition) is 4. The minimum atomic E-state index is -0.620. The monoisotopic (exact) mass is 216 g/mol. The number of halogens is 2. The van der Waals surface area contributed by atoms with E-state index in [0.29, 0.717) is 0 Å². The zero-order valence-electron chi connectivity index (χ0n) is 5.51. The van der Waals surface area contributed by atoms with Crippen molar-refractivity contribution < 1.29 is 19.1 Å². The Morgan fingerprint density at radius 3 is 1.58 bits per heavy atom. The molecule has 0 atom stereocenters. The average molecular weight is 217 g/mol. The summed E-state index contributed by atoms with van der Waals surface area (Å²) in [5, 5.41) is -1.24. The predicted molar refractivity (Wildman–Crippen MR) is 45.2 cm³/mol. The van der Waals surface area contributed by atoms with Gasteiger partial charge in [0.25, 0.3) is 0 Å². The number of carbonyl (C=O) groups is 2. The second kappa shape index (κ2) is 8.93. The fourth-order valence-electron chi connectivity index (χ4n) is 0.303. The van der Waals surface area contributed by atoms with Gasteiger partial charge in [0.15, 0.2) is 0 Å². The number of rotatable bonds is 6. The Bertz CT molecular complexity index is 132. The minimum absolute atomic E-state index is 0. The third kappa shape index (κ3) is 12.5. The van der Waals surface area contributed by atoms with Crippen LogP contribution >= 0.6 is 23.2 Å². The zero-order valence-corrected chi connectivity index (χ0v) is 7.02. The first-order valence-corrected chi connectivity index (χ1v) is 3.40. The summed E-state index contributed by atoms with van der Waals surface area (Å²) in [6.45, 7) is -0.646. The van der Waals surface area contributed by atoms with Crippen molar-refractivity contribution in [3.8, 4) is 0 Å². The van der Waals surface area contributed by atoms with Gasteiger partial charge in [-0.3, -0.25) is 9.59 Å². The van der Waals surface area contributed by atoms with Crippen molar-refractivity contribution in [2.24, 2.45) is 0 Å². The zero-order chi connectivity index (χ0) is 8.69. The van der Waals surface area contributed by atoms with E-state index in [2.05, 4.69) is 9.47 Å². The van der Waals surface area contributed by atoms with E-state index in [1.807, 2.05) is 0 Å². The van der Waals surface area contributed by atoms with Gasteiger partial charge in [0, 0.05) is 0 Å². The Labute approximate surface area is 80.7 Å². The van der Waals surface area contributed by atoms with Gasteiger partial charge < -0.3 is 9.47 Å². The maximum absolute atomic E-state index is 10.0. The van der Waals surface area contributed by atoms with E-state index < -0.39 is 10.5 Å². The molecule has 0 spiro atoms. The Morgan fingerprint density at radius 1 is 1.00 bits per heavy atom. The van der Waals surface area contributed by atoms with Gasteiger partial charge in [0.05, 0.1) is 0 Å². The lowest BCUT2D eigenvalue weighted by atomic mass is 10.8. The predicted octanol–water partition coefficient (Wildman–Crippen LogP) is 1.14. The summed E-state index contributed by atoms with van der Waals surface area (Å²) in [6.07, 6.45) is 0. The molecule has 4 nitrogen and oxygen atoms in total. The molecule has 0 saturated heterocycles. The molecular weight excluding hydrogens is 207 g/mol. The van der Waals surface area contributed by atoms with Crippen LogP contribution in [0.15, 0.2) is 0 Å². The molecule has 0 radical (unpaired) electrons. The summed E-state index contributed by atoms with van der Waals surface area (Å²) in [4.78, 5) is 20.1. The molecule has 12 heavy (non-hydrogen) atoms. The van der Waals surface area contributed by atoms with Crippen molar-refractivity contribution in [2.75, 3.05) is 20.0 Å². The van der Waals surface area contributed by atoms with Gasteiger partial charge in [-0.1, -0.05) is 7.43 Å². The van der Waals surface area contributed by atoms with Crippen LogP contribution in [0.2, 0.25) is 0 Å². The normalized spacial score (nSPS) is 8.83. The van der Waals surface area contributed by atoms with Gasteiger partial charge in [-0.25, -0.2) is 0 Å². The standard InChI is InChI=1S/C5H6Cl2O4.CH4/c6-4(8)1-10-3-11-2-5(7)9;/h1-3H2;1H4. The van der Waals surface area contributed by atoms with Gasteiger partial charge in [0.2, 0.25) is 10.5 Å². The topological polar surface area (TPSA) is 52.6 Å². The molecule has 0 aliphatic rings. The van der Waals surface area contributed by atoms with E-state index in [9.17, 15) is 9.59 Å². The van der Waals surface area contributed by atoms with E-state index in [-0.39, 0.29) is 27.4 Å². The van der Waals surface area contributed by atoms with E-state index in [1.54, 1.807) is 0 Å². The van der Waals surface area contributed by atoms with Crippen LogP contribution in [-0.4, -0.2) is 30.5 Å². The van der Waals surface area contributed by atoms with Crippen LogP contribution in [0.25, 0.3) is 0 Å². The Kier molecular flexibility index (Phi) is 10.7. The first kappa shape index (κ1) is 14.4. The molecule has 0 aromatic rings. The number of hydrogen-bond donors (Lipinski definition) is 0. The summed E-state index contributed by atoms with van der Waals surface area (Å²) in [5.74, 6) is 0. The largest absolute Gasteiger partial charge is 0.346 e. The van der Waals surface area contributed by atoms with Crippen LogP contribution in [0, 0.1) is 0 Å². The molecule has 0 fully saturated rings. The van der Waals surface area contributed by atoms with Crippen LogP contribution in [0.1, 0.15) is 7.43 Å². The number of carbonyl (C=O) groups excluding carboxylic acids is 2. The molecular formula is C6H10Cl2O4. The third-order valence-corrected chi connectivity index (χ3v) is 0.816. The summed E-state index contributed by atoms with van der Waals surface area (Å²) in [7, 11) is 0. The quantitative estimate of drug-likeness (QED) is 0.380. The van der Waals surface area contributed by atoms with Crippen LogP contribution in [0.4, 0.5) is 0 Å². The molecule has 0 heterocycles. The number of ether oxygens (including phenoxy) is 2. The third-order valence-electron chi connectivity index (χ3n) is 0.598. The Morgan fingerprint density at radius 2 is 1.33 bits per heavy atom. The van der Waals surface area contributed by atoms with Gasteiger partial charge in [-0.05, 0) is 23.2 Å². The van der Waals surface area contributed by atoms with Crippen molar-refractivity contribution in [3.05, 3.63) is 0 Å². The highest BCUT2D eigenvalue weighted by atomic mass is 35.5. The maximum Gasteiger partial charge on any atom is 0.247 e. The summed E-state index contributed by atoms with van der Waals surface area (Å²) in [6, 6.07) is 0. The molecule has 0 aromatic heterocycles. The average Bonchev–Trinajstić information content (AvgIpc) is 1.85. The minimum Gasteiger partial charge on any atom is -0.346 e. The fourth-order valence-corrected chi connectivity index (χ4v) is 0.457. The van der Waals surface area contributed by atoms with Crippen LogP contribution in [0.3, 0.4) is 0 Å². The molecule has 0 rings (SSSR count). The SMILES string of the molecule is C.O=C(Cl)COCOCC(=O)Cl. The van der Waals surface area contributed by atoms with Crippen LogP contribution < -0.4 is 0 Å². The first-order chi connectivity index (χ1) is 5.13. The van der Waals surface area contributed by atoms with Gasteiger partial charge in [-0.15, -0.1) is 0 Å². The summed E-state index contributed by atoms with van der Waals surface area (Å²) >= 11 is 9.81. The molecule has 0 N–H and O–H groups in total. The summed E-state index contributed by atoms with van der Waals surface area (Å²) < 4.78 is 9.06. The van der Waals surface area contributed by atoms with Gasteiger partial charge in [0.1, 0.15) is 20.0 Å². The molecule has 0 aliphatic heterocycles. The maximum atomic E-state index is 10.0. The van der Waals surface area contributed by atoms with Crippen molar-refractivity contribution in [1.29, 1.82) is 0 Å². The van der Waals surface area contributed by atoms with Crippen molar-refractivity contribution >= 4 is 33.7 Å². The molecule has 0 saturated carbocycles.